The zero-order valence-corrected chi connectivity index (χ0v) is 17.0. The molecule has 3 rings (SSSR count). The molecule has 1 saturated heterocycles. The molecule has 8 nitrogen and oxygen atoms in total. The summed E-state index contributed by atoms with van der Waals surface area (Å²) in [6.45, 7) is 3.70. The van der Waals surface area contributed by atoms with Crippen molar-refractivity contribution in [1.82, 2.24) is 5.43 Å². The summed E-state index contributed by atoms with van der Waals surface area (Å²) in [5.74, 6) is 0.202. The quantitative estimate of drug-likeness (QED) is 0.407. The van der Waals surface area contributed by atoms with E-state index in [0.29, 0.717) is 11.3 Å². The maximum atomic E-state index is 12.0. The second-order valence-corrected chi connectivity index (χ2v) is 7.13. The number of ether oxygens (including phenoxy) is 1. The molecule has 0 aromatic heterocycles. The summed E-state index contributed by atoms with van der Waals surface area (Å²) in [4.78, 5) is 24.9. The van der Waals surface area contributed by atoms with Crippen molar-refractivity contribution in [2.24, 2.45) is 5.10 Å². The Morgan fingerprint density at radius 1 is 1.20 bits per heavy atom. The first-order valence-electron chi connectivity index (χ1n) is 10.1. The lowest BCUT2D eigenvalue weighted by Crippen LogP contribution is -2.30. The third-order valence-electron chi connectivity index (χ3n) is 5.01. The van der Waals surface area contributed by atoms with Crippen LogP contribution in [-0.4, -0.2) is 36.7 Å². The molecule has 0 unspecified atom stereocenters. The van der Waals surface area contributed by atoms with Gasteiger partial charge in [-0.1, -0.05) is 19.1 Å². The van der Waals surface area contributed by atoms with E-state index in [9.17, 15) is 14.9 Å². The molecule has 0 aliphatic carbocycles. The van der Waals surface area contributed by atoms with E-state index in [1.165, 1.54) is 30.3 Å². The Kier molecular flexibility index (Phi) is 7.37. The molecule has 1 N–H and O–H groups in total. The van der Waals surface area contributed by atoms with Crippen LogP contribution in [0.5, 0.6) is 5.75 Å². The lowest BCUT2D eigenvalue weighted by Gasteiger charge is -2.29. The van der Waals surface area contributed by atoms with Crippen LogP contribution in [0.25, 0.3) is 0 Å². The van der Waals surface area contributed by atoms with Crippen LogP contribution >= 0.6 is 0 Å². The molecule has 0 saturated carbocycles. The molecule has 0 radical (unpaired) electrons. The van der Waals surface area contributed by atoms with Crippen LogP contribution in [0.15, 0.2) is 47.6 Å². The van der Waals surface area contributed by atoms with Crippen LogP contribution in [0.3, 0.4) is 0 Å². The van der Waals surface area contributed by atoms with Crippen molar-refractivity contribution in [1.29, 1.82) is 0 Å². The van der Waals surface area contributed by atoms with Gasteiger partial charge in [0.15, 0.2) is 6.61 Å². The van der Waals surface area contributed by atoms with Gasteiger partial charge < -0.3 is 9.64 Å². The number of non-ortho nitro benzene ring substituents is 1. The predicted molar refractivity (Wildman–Crippen MR) is 116 cm³/mol. The summed E-state index contributed by atoms with van der Waals surface area (Å²) >= 11 is 0. The van der Waals surface area contributed by atoms with E-state index in [1.54, 1.807) is 6.07 Å². The molecule has 0 bridgehead atoms. The molecule has 158 valence electrons. The molecular formula is C22H26N4O4. The van der Waals surface area contributed by atoms with E-state index in [4.69, 9.17) is 4.74 Å². The fourth-order valence-electron chi connectivity index (χ4n) is 3.36. The summed E-state index contributed by atoms with van der Waals surface area (Å²) in [5, 5.41) is 15.1. The Balaban J connectivity index is 1.62. The highest BCUT2D eigenvalue weighted by Crippen LogP contribution is 2.26. The van der Waals surface area contributed by atoms with Gasteiger partial charge in [0.25, 0.3) is 11.6 Å². The summed E-state index contributed by atoms with van der Waals surface area (Å²) in [7, 11) is 0. The maximum absolute atomic E-state index is 12.0. The van der Waals surface area contributed by atoms with Gasteiger partial charge in [-0.25, -0.2) is 5.43 Å². The smallest absolute Gasteiger partial charge is 0.277 e. The van der Waals surface area contributed by atoms with Crippen molar-refractivity contribution in [3.8, 4) is 5.75 Å². The first kappa shape index (κ1) is 21.3. The van der Waals surface area contributed by atoms with E-state index in [0.717, 1.165) is 38.0 Å². The molecule has 1 aliphatic heterocycles. The second kappa shape index (κ2) is 10.4. The largest absolute Gasteiger partial charge is 0.484 e. The number of carbonyl (C=O) groups excluding carboxylic acids is 1. The average molecular weight is 410 g/mol. The van der Waals surface area contributed by atoms with Crippen LogP contribution in [-0.2, 0) is 11.2 Å². The number of hydrogen-bond acceptors (Lipinski definition) is 6. The van der Waals surface area contributed by atoms with Gasteiger partial charge in [-0.15, -0.1) is 0 Å². The molecule has 1 amide bonds. The van der Waals surface area contributed by atoms with Gasteiger partial charge in [0.2, 0.25) is 0 Å². The Bertz CT molecular complexity index is 906. The molecule has 2 aromatic rings. The number of nitro groups is 1. The molecule has 8 heteroatoms. The molecule has 0 spiro atoms. The minimum atomic E-state index is -0.437. The number of hydrogen-bond donors (Lipinski definition) is 1. The van der Waals surface area contributed by atoms with Crippen LogP contribution < -0.4 is 15.1 Å². The fourth-order valence-corrected chi connectivity index (χ4v) is 3.36. The lowest BCUT2D eigenvalue weighted by atomic mass is 10.1. The number of nitro benzene ring substituents is 1. The third-order valence-corrected chi connectivity index (χ3v) is 5.01. The zero-order valence-electron chi connectivity index (χ0n) is 17.0. The average Bonchev–Trinajstić information content (AvgIpc) is 2.78. The highest BCUT2D eigenvalue weighted by Gasteiger charge is 2.17. The van der Waals surface area contributed by atoms with Crippen molar-refractivity contribution >= 4 is 23.5 Å². The number of rotatable bonds is 8. The molecule has 1 heterocycles. The van der Waals surface area contributed by atoms with Crippen LogP contribution in [0.1, 0.15) is 37.3 Å². The number of amides is 1. The minimum absolute atomic E-state index is 0.0117. The molecule has 1 aliphatic rings. The minimum Gasteiger partial charge on any atom is -0.484 e. The highest BCUT2D eigenvalue weighted by molar-refractivity contribution is 5.90. The van der Waals surface area contributed by atoms with Gasteiger partial charge in [0, 0.05) is 36.5 Å². The van der Waals surface area contributed by atoms with Gasteiger partial charge in [-0.2, -0.15) is 5.10 Å². The number of anilines is 1. The number of aryl methyl sites for hydroxylation is 1. The number of piperidine rings is 1. The maximum Gasteiger partial charge on any atom is 0.277 e. The lowest BCUT2D eigenvalue weighted by molar-refractivity contribution is -0.384. The van der Waals surface area contributed by atoms with Gasteiger partial charge in [-0.3, -0.25) is 14.9 Å². The summed E-state index contributed by atoms with van der Waals surface area (Å²) < 4.78 is 5.46. The van der Waals surface area contributed by atoms with Crippen LogP contribution in [0.4, 0.5) is 11.4 Å². The first-order chi connectivity index (χ1) is 14.6. The highest BCUT2D eigenvalue weighted by atomic mass is 16.6. The topological polar surface area (TPSA) is 97.1 Å². The normalized spacial score (nSPS) is 14.0. The predicted octanol–water partition coefficient (Wildman–Crippen LogP) is 3.68. The van der Waals surface area contributed by atoms with Crippen molar-refractivity contribution < 1.29 is 14.5 Å². The van der Waals surface area contributed by atoms with Gasteiger partial charge >= 0.3 is 0 Å². The van der Waals surface area contributed by atoms with Crippen LogP contribution in [0.2, 0.25) is 0 Å². The molecule has 30 heavy (non-hydrogen) atoms. The zero-order chi connectivity index (χ0) is 21.3. The van der Waals surface area contributed by atoms with E-state index in [1.807, 2.05) is 24.3 Å². The van der Waals surface area contributed by atoms with Crippen LogP contribution in [0, 0.1) is 10.1 Å². The number of nitrogens with one attached hydrogen (secondary N) is 1. The summed E-state index contributed by atoms with van der Waals surface area (Å²) in [6.07, 6.45) is 5.74. The number of nitrogens with zero attached hydrogens (tertiary/aromatic N) is 3. The van der Waals surface area contributed by atoms with Gasteiger partial charge in [-0.05, 0) is 49.4 Å². The van der Waals surface area contributed by atoms with Crippen molar-refractivity contribution in [2.75, 3.05) is 24.6 Å². The monoisotopic (exact) mass is 410 g/mol. The second-order valence-electron chi connectivity index (χ2n) is 7.13. The first-order valence-corrected chi connectivity index (χ1v) is 10.1. The Hall–Kier alpha value is -3.42. The van der Waals surface area contributed by atoms with Gasteiger partial charge in [0.05, 0.1) is 11.1 Å². The van der Waals surface area contributed by atoms with Crippen molar-refractivity contribution in [2.45, 2.75) is 32.6 Å². The van der Waals surface area contributed by atoms with E-state index < -0.39 is 10.8 Å². The number of benzene rings is 2. The van der Waals surface area contributed by atoms with E-state index >= 15 is 0 Å². The Morgan fingerprint density at radius 3 is 2.60 bits per heavy atom. The molecule has 2 aromatic carbocycles. The van der Waals surface area contributed by atoms with Gasteiger partial charge in [0.1, 0.15) is 5.75 Å². The molecule has 0 atom stereocenters. The van der Waals surface area contributed by atoms with Crippen molar-refractivity contribution in [3.63, 3.8) is 0 Å². The summed E-state index contributed by atoms with van der Waals surface area (Å²) in [6, 6.07) is 12.3. The Morgan fingerprint density at radius 2 is 1.93 bits per heavy atom. The number of hydrazone groups is 1. The summed E-state index contributed by atoms with van der Waals surface area (Å²) in [5.41, 5.74) is 5.08. The van der Waals surface area contributed by atoms with Crippen molar-refractivity contribution in [3.05, 3.63) is 63.7 Å². The van der Waals surface area contributed by atoms with E-state index in [-0.39, 0.29) is 12.3 Å². The SMILES string of the molecule is CCc1ccc(OCC(=O)N/N=C\c2cc([N+](=O)[O-])ccc2N2CCCCC2)cc1. The molecular weight excluding hydrogens is 384 g/mol. The third kappa shape index (κ3) is 5.79. The van der Waals surface area contributed by atoms with E-state index in [2.05, 4.69) is 22.4 Å². The molecule has 1 fully saturated rings. The number of carbonyl (C=O) groups is 1. The fraction of sp³-hybridized carbons (Fsp3) is 0.364. The Labute approximate surface area is 175 Å². The standard InChI is InChI=1S/C22H26N4O4/c1-2-17-6-9-20(10-7-17)30-16-22(27)24-23-15-18-14-19(26(28)29)8-11-21(18)25-12-4-3-5-13-25/h6-11,14-15H,2-5,12-13,16H2,1H3,(H,24,27)/b23-15-.